The maximum absolute atomic E-state index is 13.0. The van der Waals surface area contributed by atoms with Crippen molar-refractivity contribution in [2.75, 3.05) is 20.8 Å². The molecule has 0 spiro atoms. The predicted octanol–water partition coefficient (Wildman–Crippen LogP) is 5.07. The number of carbonyl (C=O) groups excluding carboxylic acids is 1. The Kier molecular flexibility index (Phi) is 6.75. The van der Waals surface area contributed by atoms with Crippen LogP contribution in [-0.2, 0) is 11.2 Å². The van der Waals surface area contributed by atoms with Crippen molar-refractivity contribution < 1.29 is 14.3 Å². The average molecular weight is 429 g/mol. The van der Waals surface area contributed by atoms with Gasteiger partial charge in [0.15, 0.2) is 0 Å². The molecular formula is C27H28N2O3. The molecule has 4 rings (SSSR count). The minimum absolute atomic E-state index is 0.0120. The van der Waals surface area contributed by atoms with Gasteiger partial charge in [0.2, 0.25) is 5.91 Å². The molecule has 1 unspecified atom stereocenters. The molecule has 5 nitrogen and oxygen atoms in total. The molecule has 4 aromatic rings. The summed E-state index contributed by atoms with van der Waals surface area (Å²) in [6, 6.07) is 24.1. The van der Waals surface area contributed by atoms with Gasteiger partial charge in [0.05, 0.1) is 14.2 Å². The summed E-state index contributed by atoms with van der Waals surface area (Å²) in [5, 5.41) is 4.19. The molecule has 164 valence electrons. The zero-order valence-electron chi connectivity index (χ0n) is 18.4. The van der Waals surface area contributed by atoms with Crippen LogP contribution in [0.5, 0.6) is 11.5 Å². The van der Waals surface area contributed by atoms with Crippen molar-refractivity contribution in [1.82, 2.24) is 10.3 Å². The Labute approximate surface area is 188 Å². The van der Waals surface area contributed by atoms with E-state index in [0.717, 1.165) is 28.5 Å². The third-order valence-corrected chi connectivity index (χ3v) is 5.74. The summed E-state index contributed by atoms with van der Waals surface area (Å²) in [5.41, 5.74) is 4.31. The molecule has 0 fully saturated rings. The molecule has 2 N–H and O–H groups in total. The van der Waals surface area contributed by atoms with Crippen molar-refractivity contribution in [3.8, 4) is 11.5 Å². The van der Waals surface area contributed by atoms with Crippen molar-refractivity contribution in [3.05, 3.63) is 95.7 Å². The summed E-state index contributed by atoms with van der Waals surface area (Å²) < 4.78 is 11.0. The van der Waals surface area contributed by atoms with Crippen LogP contribution in [0.15, 0.2) is 79.0 Å². The van der Waals surface area contributed by atoms with Crippen molar-refractivity contribution in [3.63, 3.8) is 0 Å². The summed E-state index contributed by atoms with van der Waals surface area (Å²) in [6.45, 7) is 0.602. The zero-order chi connectivity index (χ0) is 22.3. The van der Waals surface area contributed by atoms with Crippen LogP contribution in [-0.4, -0.2) is 31.7 Å². The standard InChI is InChI=1S/C27H28N2O3/c1-31-21-14-20(15-22(16-21)32-2)24(25-18-29-26-11-7-6-10-23(25)26)17-27(30)28-13-12-19-8-4-3-5-9-19/h3-11,14-16,18,24,29H,12-13,17H2,1-2H3,(H,28,30). The highest BCUT2D eigenvalue weighted by atomic mass is 16.5. The summed E-state index contributed by atoms with van der Waals surface area (Å²) >= 11 is 0. The molecule has 0 saturated heterocycles. The first-order chi connectivity index (χ1) is 15.7. The van der Waals surface area contributed by atoms with E-state index < -0.39 is 0 Å². The van der Waals surface area contributed by atoms with Crippen LogP contribution < -0.4 is 14.8 Å². The highest BCUT2D eigenvalue weighted by Crippen LogP contribution is 2.36. The van der Waals surface area contributed by atoms with E-state index >= 15 is 0 Å². The van der Waals surface area contributed by atoms with Crippen molar-refractivity contribution >= 4 is 16.8 Å². The molecule has 5 heteroatoms. The van der Waals surface area contributed by atoms with E-state index in [2.05, 4.69) is 28.5 Å². The quantitative estimate of drug-likeness (QED) is 0.391. The van der Waals surface area contributed by atoms with Crippen LogP contribution >= 0.6 is 0 Å². The normalized spacial score (nSPS) is 11.8. The van der Waals surface area contributed by atoms with Gasteiger partial charge >= 0.3 is 0 Å². The number of methoxy groups -OCH3 is 2. The van der Waals surface area contributed by atoms with Crippen LogP contribution in [0.25, 0.3) is 10.9 Å². The molecule has 3 aromatic carbocycles. The lowest BCUT2D eigenvalue weighted by Gasteiger charge is -2.19. The minimum atomic E-state index is -0.146. The fraction of sp³-hybridized carbons (Fsp3) is 0.222. The number of hydrogen-bond acceptors (Lipinski definition) is 3. The van der Waals surface area contributed by atoms with E-state index in [-0.39, 0.29) is 11.8 Å². The molecule has 0 aliphatic heterocycles. The van der Waals surface area contributed by atoms with Gasteiger partial charge in [-0.3, -0.25) is 4.79 Å². The van der Waals surface area contributed by atoms with Crippen LogP contribution in [0, 0.1) is 0 Å². The number of ether oxygens (including phenoxy) is 2. The fourth-order valence-corrected chi connectivity index (χ4v) is 4.07. The van der Waals surface area contributed by atoms with Gasteiger partial charge in [0, 0.05) is 42.0 Å². The Balaban J connectivity index is 1.60. The maximum atomic E-state index is 13.0. The van der Waals surface area contributed by atoms with Crippen molar-refractivity contribution in [2.24, 2.45) is 0 Å². The highest BCUT2D eigenvalue weighted by molar-refractivity contribution is 5.86. The van der Waals surface area contributed by atoms with E-state index in [1.807, 2.05) is 60.8 Å². The minimum Gasteiger partial charge on any atom is -0.497 e. The summed E-state index contributed by atoms with van der Waals surface area (Å²) in [4.78, 5) is 16.3. The summed E-state index contributed by atoms with van der Waals surface area (Å²) in [6.07, 6.45) is 3.13. The topological polar surface area (TPSA) is 63.4 Å². The van der Waals surface area contributed by atoms with Gasteiger partial charge in [-0.2, -0.15) is 0 Å². The number of benzene rings is 3. The second-order valence-corrected chi connectivity index (χ2v) is 7.78. The van der Waals surface area contributed by atoms with Gasteiger partial charge in [0.25, 0.3) is 0 Å². The van der Waals surface area contributed by atoms with Gasteiger partial charge in [0.1, 0.15) is 11.5 Å². The Bertz CT molecular complexity index is 1160. The number of aromatic amines is 1. The van der Waals surface area contributed by atoms with E-state index in [0.29, 0.717) is 24.5 Å². The monoisotopic (exact) mass is 428 g/mol. The Hall–Kier alpha value is -3.73. The first-order valence-corrected chi connectivity index (χ1v) is 10.8. The van der Waals surface area contributed by atoms with E-state index in [4.69, 9.17) is 9.47 Å². The lowest BCUT2D eigenvalue weighted by atomic mass is 9.87. The van der Waals surface area contributed by atoms with Crippen LogP contribution in [0.3, 0.4) is 0 Å². The van der Waals surface area contributed by atoms with Gasteiger partial charge in [-0.15, -0.1) is 0 Å². The van der Waals surface area contributed by atoms with Crippen LogP contribution in [0.2, 0.25) is 0 Å². The maximum Gasteiger partial charge on any atom is 0.220 e. The third-order valence-electron chi connectivity index (χ3n) is 5.74. The van der Waals surface area contributed by atoms with Crippen LogP contribution in [0.4, 0.5) is 0 Å². The fourth-order valence-electron chi connectivity index (χ4n) is 4.07. The number of hydrogen-bond donors (Lipinski definition) is 2. The van der Waals surface area contributed by atoms with E-state index in [1.165, 1.54) is 5.56 Å². The molecular weight excluding hydrogens is 400 g/mol. The van der Waals surface area contributed by atoms with Crippen molar-refractivity contribution in [2.45, 2.75) is 18.8 Å². The predicted molar refractivity (Wildman–Crippen MR) is 127 cm³/mol. The molecule has 1 amide bonds. The summed E-state index contributed by atoms with van der Waals surface area (Å²) in [7, 11) is 3.27. The number of para-hydroxylation sites is 1. The number of H-pyrrole nitrogens is 1. The number of rotatable bonds is 9. The number of nitrogens with one attached hydrogen (secondary N) is 2. The van der Waals surface area contributed by atoms with E-state index in [1.54, 1.807) is 14.2 Å². The SMILES string of the molecule is COc1cc(OC)cc(C(CC(=O)NCCc2ccccc2)c2c[nH]c3ccccc23)c1. The second-order valence-electron chi connectivity index (χ2n) is 7.78. The van der Waals surface area contributed by atoms with E-state index in [9.17, 15) is 4.79 Å². The molecule has 0 bridgehead atoms. The van der Waals surface area contributed by atoms with Crippen LogP contribution in [0.1, 0.15) is 29.0 Å². The number of aromatic nitrogens is 1. The number of fused-ring (bicyclic) bond motifs is 1. The molecule has 32 heavy (non-hydrogen) atoms. The van der Waals surface area contributed by atoms with Gasteiger partial charge in [-0.25, -0.2) is 0 Å². The summed E-state index contributed by atoms with van der Waals surface area (Å²) in [5.74, 6) is 1.27. The first kappa shape index (κ1) is 21.5. The van der Waals surface area contributed by atoms with Gasteiger partial charge in [-0.05, 0) is 41.3 Å². The Morgan fingerprint density at radius 3 is 2.34 bits per heavy atom. The molecule has 0 aliphatic rings. The number of carbonyl (C=O) groups is 1. The van der Waals surface area contributed by atoms with Gasteiger partial charge in [-0.1, -0.05) is 48.5 Å². The smallest absolute Gasteiger partial charge is 0.220 e. The zero-order valence-corrected chi connectivity index (χ0v) is 18.4. The van der Waals surface area contributed by atoms with Crippen molar-refractivity contribution in [1.29, 1.82) is 0 Å². The molecule has 0 radical (unpaired) electrons. The number of amides is 1. The molecule has 1 atom stereocenters. The Morgan fingerprint density at radius 2 is 1.62 bits per heavy atom. The molecule has 1 aromatic heterocycles. The third kappa shape index (κ3) is 4.94. The Morgan fingerprint density at radius 1 is 0.938 bits per heavy atom. The highest BCUT2D eigenvalue weighted by Gasteiger charge is 2.23. The largest absolute Gasteiger partial charge is 0.497 e. The second kappa shape index (κ2) is 10.1. The molecule has 0 saturated carbocycles. The lowest BCUT2D eigenvalue weighted by Crippen LogP contribution is -2.27. The lowest BCUT2D eigenvalue weighted by molar-refractivity contribution is -0.121. The van der Waals surface area contributed by atoms with Gasteiger partial charge < -0.3 is 19.8 Å². The molecule has 1 heterocycles. The average Bonchev–Trinajstić information content (AvgIpc) is 3.26. The molecule has 0 aliphatic carbocycles. The first-order valence-electron chi connectivity index (χ1n) is 10.8.